The number of carbonyl (C=O) groups excluding carboxylic acids is 1. The summed E-state index contributed by atoms with van der Waals surface area (Å²) in [5, 5.41) is 6.27. The van der Waals surface area contributed by atoms with Gasteiger partial charge in [0, 0.05) is 25.7 Å². The topological polar surface area (TPSA) is 50.4 Å². The molecule has 0 radical (unpaired) electrons. The van der Waals surface area contributed by atoms with Crippen LogP contribution >= 0.6 is 0 Å². The van der Waals surface area contributed by atoms with Crippen LogP contribution in [0.15, 0.2) is 0 Å². The molecule has 1 aliphatic heterocycles. The van der Waals surface area contributed by atoms with Crippen LogP contribution in [0.5, 0.6) is 0 Å². The summed E-state index contributed by atoms with van der Waals surface area (Å²) in [6.07, 6.45) is -0.0597. The van der Waals surface area contributed by atoms with Gasteiger partial charge in [-0.05, 0) is 0 Å². The number of hydrogen-bond acceptors (Lipinski definition) is 4. The van der Waals surface area contributed by atoms with Crippen LogP contribution in [0.1, 0.15) is 20.8 Å². The number of Topliss-reactive ketones (excluding diaryl/α,β-unsaturated/α-hetero) is 1. The van der Waals surface area contributed by atoms with Crippen LogP contribution in [0.3, 0.4) is 0 Å². The zero-order valence-corrected chi connectivity index (χ0v) is 9.39. The number of ketones is 1. The summed E-state index contributed by atoms with van der Waals surface area (Å²) < 4.78 is 5.27. The largest absolute Gasteiger partial charge is 0.378 e. The van der Waals surface area contributed by atoms with Crippen LogP contribution in [0.2, 0.25) is 0 Å². The molecule has 2 atom stereocenters. The number of ether oxygens (including phenoxy) is 1. The van der Waals surface area contributed by atoms with Gasteiger partial charge < -0.3 is 10.1 Å². The standard InChI is InChI=1S/C10H20N2O2/c1-10(2,3)9(13)8-7(14-4)5-11-6-12-8/h7-8,11-12H,5-6H2,1-4H3. The molecule has 82 valence electrons. The molecule has 0 spiro atoms. The maximum Gasteiger partial charge on any atom is 0.157 e. The molecule has 1 saturated heterocycles. The molecule has 4 heteroatoms. The molecule has 0 aromatic rings. The molecule has 1 aliphatic rings. The van der Waals surface area contributed by atoms with E-state index >= 15 is 0 Å². The number of methoxy groups -OCH3 is 1. The zero-order valence-electron chi connectivity index (χ0n) is 9.39. The molecule has 0 aromatic heterocycles. The van der Waals surface area contributed by atoms with E-state index in [1.807, 2.05) is 20.8 Å². The fourth-order valence-electron chi connectivity index (χ4n) is 1.59. The van der Waals surface area contributed by atoms with Crippen molar-refractivity contribution in [1.29, 1.82) is 0 Å². The highest BCUT2D eigenvalue weighted by atomic mass is 16.5. The molecule has 2 N–H and O–H groups in total. The normalized spacial score (nSPS) is 28.9. The highest BCUT2D eigenvalue weighted by Crippen LogP contribution is 2.19. The summed E-state index contributed by atoms with van der Waals surface area (Å²) in [7, 11) is 1.64. The molecule has 1 fully saturated rings. The van der Waals surface area contributed by atoms with E-state index in [9.17, 15) is 4.79 Å². The summed E-state index contributed by atoms with van der Waals surface area (Å²) in [6, 6.07) is -0.179. The number of rotatable bonds is 2. The van der Waals surface area contributed by atoms with Gasteiger partial charge in [0.25, 0.3) is 0 Å². The number of hydrogen-bond donors (Lipinski definition) is 2. The van der Waals surface area contributed by atoms with Gasteiger partial charge in [0.05, 0.1) is 12.1 Å². The fraction of sp³-hybridized carbons (Fsp3) is 0.900. The van der Waals surface area contributed by atoms with Crippen molar-refractivity contribution in [3.05, 3.63) is 0 Å². The van der Waals surface area contributed by atoms with E-state index in [1.54, 1.807) is 7.11 Å². The molecule has 0 bridgehead atoms. The first-order valence-corrected chi connectivity index (χ1v) is 4.98. The second-order valence-electron chi connectivity index (χ2n) is 4.70. The van der Waals surface area contributed by atoms with Crippen molar-refractivity contribution in [1.82, 2.24) is 10.6 Å². The second-order valence-corrected chi connectivity index (χ2v) is 4.70. The van der Waals surface area contributed by atoms with Crippen molar-refractivity contribution in [2.45, 2.75) is 32.9 Å². The van der Waals surface area contributed by atoms with E-state index in [1.165, 1.54) is 0 Å². The van der Waals surface area contributed by atoms with Crippen LogP contribution in [-0.2, 0) is 9.53 Å². The molecule has 0 amide bonds. The molecular weight excluding hydrogens is 180 g/mol. The monoisotopic (exact) mass is 200 g/mol. The van der Waals surface area contributed by atoms with E-state index in [0.717, 1.165) is 6.54 Å². The Morgan fingerprint density at radius 2 is 2.07 bits per heavy atom. The Kier molecular flexibility index (Phi) is 3.64. The lowest BCUT2D eigenvalue weighted by molar-refractivity contribution is -0.132. The lowest BCUT2D eigenvalue weighted by Crippen LogP contribution is -2.60. The van der Waals surface area contributed by atoms with Gasteiger partial charge in [-0.1, -0.05) is 20.8 Å². The van der Waals surface area contributed by atoms with E-state index in [2.05, 4.69) is 10.6 Å². The van der Waals surface area contributed by atoms with Gasteiger partial charge >= 0.3 is 0 Å². The quantitative estimate of drug-likeness (QED) is 0.665. The summed E-state index contributed by atoms with van der Waals surface area (Å²) in [6.45, 7) is 7.21. The third kappa shape index (κ3) is 2.53. The first kappa shape index (κ1) is 11.6. The Morgan fingerprint density at radius 3 is 2.57 bits per heavy atom. The Hall–Kier alpha value is -0.450. The van der Waals surface area contributed by atoms with Crippen LogP contribution in [0.4, 0.5) is 0 Å². The van der Waals surface area contributed by atoms with Crippen LogP contribution < -0.4 is 10.6 Å². The third-order valence-corrected chi connectivity index (χ3v) is 2.49. The SMILES string of the molecule is COC1CNCNC1C(=O)C(C)(C)C. The molecule has 4 nitrogen and oxygen atoms in total. The van der Waals surface area contributed by atoms with Crippen LogP contribution in [-0.4, -0.2) is 38.3 Å². The Morgan fingerprint density at radius 1 is 1.43 bits per heavy atom. The van der Waals surface area contributed by atoms with E-state index in [0.29, 0.717) is 6.67 Å². The van der Waals surface area contributed by atoms with Crippen molar-refractivity contribution < 1.29 is 9.53 Å². The second kappa shape index (κ2) is 4.38. The molecule has 0 aliphatic carbocycles. The minimum absolute atomic E-state index is 0.0597. The molecule has 0 aromatic carbocycles. The molecule has 1 heterocycles. The fourth-order valence-corrected chi connectivity index (χ4v) is 1.59. The van der Waals surface area contributed by atoms with Crippen molar-refractivity contribution in [2.24, 2.45) is 5.41 Å². The molecule has 1 rings (SSSR count). The maximum atomic E-state index is 12.0. The van der Waals surface area contributed by atoms with Gasteiger partial charge in [-0.3, -0.25) is 10.1 Å². The molecule has 2 unspecified atom stereocenters. The van der Waals surface area contributed by atoms with Gasteiger partial charge in [0.15, 0.2) is 5.78 Å². The smallest absolute Gasteiger partial charge is 0.157 e. The average molecular weight is 200 g/mol. The summed E-state index contributed by atoms with van der Waals surface area (Å²) in [5.74, 6) is 0.214. The minimum Gasteiger partial charge on any atom is -0.378 e. The summed E-state index contributed by atoms with van der Waals surface area (Å²) >= 11 is 0. The van der Waals surface area contributed by atoms with Crippen LogP contribution in [0.25, 0.3) is 0 Å². The zero-order chi connectivity index (χ0) is 10.8. The van der Waals surface area contributed by atoms with Gasteiger partial charge in [-0.25, -0.2) is 0 Å². The van der Waals surface area contributed by atoms with Gasteiger partial charge in [0.2, 0.25) is 0 Å². The lowest BCUT2D eigenvalue weighted by Gasteiger charge is -2.34. The lowest BCUT2D eigenvalue weighted by atomic mass is 9.84. The Balaban J connectivity index is 2.69. The van der Waals surface area contributed by atoms with E-state index < -0.39 is 0 Å². The van der Waals surface area contributed by atoms with Crippen molar-refractivity contribution in [3.8, 4) is 0 Å². The number of carbonyl (C=O) groups is 1. The van der Waals surface area contributed by atoms with E-state index in [4.69, 9.17) is 4.74 Å². The summed E-state index contributed by atoms with van der Waals surface area (Å²) in [4.78, 5) is 12.0. The highest BCUT2D eigenvalue weighted by molar-refractivity contribution is 5.89. The van der Waals surface area contributed by atoms with Crippen molar-refractivity contribution >= 4 is 5.78 Å². The molecule has 0 saturated carbocycles. The third-order valence-electron chi connectivity index (χ3n) is 2.49. The Bertz CT molecular complexity index is 211. The van der Waals surface area contributed by atoms with E-state index in [-0.39, 0.29) is 23.3 Å². The predicted octanol–water partition coefficient (Wildman–Crippen LogP) is 0.135. The van der Waals surface area contributed by atoms with Crippen molar-refractivity contribution in [2.75, 3.05) is 20.3 Å². The minimum atomic E-state index is -0.314. The first-order valence-electron chi connectivity index (χ1n) is 4.98. The van der Waals surface area contributed by atoms with Gasteiger partial charge in [0.1, 0.15) is 0 Å². The highest BCUT2D eigenvalue weighted by Gasteiger charge is 2.36. The summed E-state index contributed by atoms with van der Waals surface area (Å²) in [5.41, 5.74) is -0.314. The number of nitrogens with one attached hydrogen (secondary N) is 2. The van der Waals surface area contributed by atoms with Crippen molar-refractivity contribution in [3.63, 3.8) is 0 Å². The van der Waals surface area contributed by atoms with Gasteiger partial charge in [-0.15, -0.1) is 0 Å². The Labute approximate surface area is 85.4 Å². The maximum absolute atomic E-state index is 12.0. The van der Waals surface area contributed by atoms with Gasteiger partial charge in [-0.2, -0.15) is 0 Å². The van der Waals surface area contributed by atoms with Crippen LogP contribution in [0, 0.1) is 5.41 Å². The average Bonchev–Trinajstić information content (AvgIpc) is 2.15. The predicted molar refractivity (Wildman–Crippen MR) is 55.1 cm³/mol. The first-order chi connectivity index (χ1) is 6.46. The molecule has 14 heavy (non-hydrogen) atoms. The molecular formula is C10H20N2O2.